The van der Waals surface area contributed by atoms with Crippen molar-refractivity contribution in [2.45, 2.75) is 31.8 Å². The quantitative estimate of drug-likeness (QED) is 0.468. The lowest BCUT2D eigenvalue weighted by Crippen LogP contribution is -2.08. The number of nitrogens with zero attached hydrogens (tertiary/aromatic N) is 4. The van der Waals surface area contributed by atoms with Crippen molar-refractivity contribution in [2.24, 2.45) is 7.05 Å². The SMILES string of the molecule is CCc1ccc(CC)c(C(=O)CSc2nnc(-c3cccnc3)n2C)c1. The molecule has 134 valence electrons. The zero-order valence-electron chi connectivity index (χ0n) is 15.3. The predicted molar refractivity (Wildman–Crippen MR) is 104 cm³/mol. The van der Waals surface area contributed by atoms with Crippen LogP contribution in [-0.2, 0) is 19.9 Å². The van der Waals surface area contributed by atoms with E-state index in [1.54, 1.807) is 12.4 Å². The molecule has 3 rings (SSSR count). The first kappa shape index (κ1) is 18.3. The molecule has 0 saturated carbocycles. The number of ketones is 1. The van der Waals surface area contributed by atoms with Crippen molar-refractivity contribution in [3.05, 3.63) is 59.4 Å². The second-order valence-corrected chi connectivity index (χ2v) is 6.96. The van der Waals surface area contributed by atoms with Crippen molar-refractivity contribution in [3.8, 4) is 11.4 Å². The van der Waals surface area contributed by atoms with E-state index in [0.717, 1.165) is 40.5 Å². The molecule has 0 N–H and O–H groups in total. The summed E-state index contributed by atoms with van der Waals surface area (Å²) in [5.74, 6) is 1.22. The summed E-state index contributed by atoms with van der Waals surface area (Å²) in [5.41, 5.74) is 4.02. The third-order valence-electron chi connectivity index (χ3n) is 4.35. The van der Waals surface area contributed by atoms with Crippen LogP contribution in [0.2, 0.25) is 0 Å². The molecule has 0 amide bonds. The van der Waals surface area contributed by atoms with Crippen LogP contribution in [0.15, 0.2) is 47.9 Å². The molecule has 2 aromatic heterocycles. The number of pyridine rings is 1. The average Bonchev–Trinajstić information content (AvgIpc) is 3.06. The van der Waals surface area contributed by atoms with Gasteiger partial charge in [0, 0.05) is 30.6 Å². The maximum Gasteiger partial charge on any atom is 0.191 e. The average molecular weight is 366 g/mol. The molecule has 3 aromatic rings. The summed E-state index contributed by atoms with van der Waals surface area (Å²) in [4.78, 5) is 16.9. The first-order valence-corrected chi connectivity index (χ1v) is 9.70. The molecule has 1 aromatic carbocycles. The van der Waals surface area contributed by atoms with Gasteiger partial charge in [-0.25, -0.2) is 0 Å². The third-order valence-corrected chi connectivity index (χ3v) is 5.37. The van der Waals surface area contributed by atoms with Gasteiger partial charge in [0.25, 0.3) is 0 Å². The van der Waals surface area contributed by atoms with E-state index in [1.807, 2.05) is 29.8 Å². The Bertz CT molecular complexity index is 905. The van der Waals surface area contributed by atoms with Crippen molar-refractivity contribution in [3.63, 3.8) is 0 Å². The van der Waals surface area contributed by atoms with Crippen molar-refractivity contribution in [2.75, 3.05) is 5.75 Å². The van der Waals surface area contributed by atoms with Crippen molar-refractivity contribution < 1.29 is 4.79 Å². The molecule has 0 radical (unpaired) electrons. The Labute approximate surface area is 157 Å². The van der Waals surface area contributed by atoms with Crippen LogP contribution >= 0.6 is 11.8 Å². The first-order chi connectivity index (χ1) is 12.6. The standard InChI is InChI=1S/C20H22N4OS/c1-4-14-8-9-15(5-2)17(11-14)18(25)13-26-20-23-22-19(24(20)3)16-7-6-10-21-12-16/h6-12H,4-5,13H2,1-3H3. The molecular formula is C20H22N4OS. The monoisotopic (exact) mass is 366 g/mol. The number of carbonyl (C=O) groups is 1. The van der Waals surface area contributed by atoms with Crippen LogP contribution in [0.4, 0.5) is 0 Å². The van der Waals surface area contributed by atoms with Crippen molar-refractivity contribution in [1.29, 1.82) is 0 Å². The fourth-order valence-electron chi connectivity index (χ4n) is 2.81. The van der Waals surface area contributed by atoms with Crippen LogP contribution in [0.1, 0.15) is 35.3 Å². The van der Waals surface area contributed by atoms with Crippen LogP contribution in [0.3, 0.4) is 0 Å². The van der Waals surface area contributed by atoms with Crippen LogP contribution in [0, 0.1) is 0 Å². The topological polar surface area (TPSA) is 60.7 Å². The highest BCUT2D eigenvalue weighted by molar-refractivity contribution is 7.99. The van der Waals surface area contributed by atoms with Crippen LogP contribution in [0.5, 0.6) is 0 Å². The highest BCUT2D eigenvalue weighted by Crippen LogP contribution is 2.23. The molecule has 0 bridgehead atoms. The molecule has 0 spiro atoms. The van der Waals surface area contributed by atoms with Crippen molar-refractivity contribution in [1.82, 2.24) is 19.7 Å². The number of hydrogen-bond acceptors (Lipinski definition) is 5. The summed E-state index contributed by atoms with van der Waals surface area (Å²) in [6.45, 7) is 4.18. The molecule has 6 heteroatoms. The number of rotatable bonds is 7. The largest absolute Gasteiger partial charge is 0.305 e. The Hall–Kier alpha value is -2.47. The second-order valence-electron chi connectivity index (χ2n) is 6.02. The lowest BCUT2D eigenvalue weighted by atomic mass is 9.98. The van der Waals surface area contributed by atoms with Gasteiger partial charge in [-0.2, -0.15) is 0 Å². The zero-order chi connectivity index (χ0) is 18.5. The molecule has 0 aliphatic heterocycles. The van der Waals surface area contributed by atoms with Gasteiger partial charge in [0.2, 0.25) is 0 Å². The van der Waals surface area contributed by atoms with Crippen LogP contribution < -0.4 is 0 Å². The normalized spacial score (nSPS) is 10.9. The molecule has 0 aliphatic rings. The summed E-state index contributed by atoms with van der Waals surface area (Å²) in [7, 11) is 1.91. The first-order valence-electron chi connectivity index (χ1n) is 8.71. The molecular weight excluding hydrogens is 344 g/mol. The maximum absolute atomic E-state index is 12.8. The maximum atomic E-state index is 12.8. The van der Waals surface area contributed by atoms with E-state index in [-0.39, 0.29) is 5.78 Å². The summed E-state index contributed by atoms with van der Waals surface area (Å²) in [6, 6.07) is 10.0. The predicted octanol–water partition coefficient (Wildman–Crippen LogP) is 3.98. The number of aryl methyl sites for hydroxylation is 2. The van der Waals surface area contributed by atoms with Gasteiger partial charge in [0.1, 0.15) is 0 Å². The van der Waals surface area contributed by atoms with Gasteiger partial charge in [-0.3, -0.25) is 9.78 Å². The van der Waals surface area contributed by atoms with Gasteiger partial charge < -0.3 is 4.57 Å². The summed E-state index contributed by atoms with van der Waals surface area (Å²) < 4.78 is 1.90. The van der Waals surface area contributed by atoms with E-state index < -0.39 is 0 Å². The molecule has 26 heavy (non-hydrogen) atoms. The fraction of sp³-hybridized carbons (Fsp3) is 0.300. The molecule has 0 fully saturated rings. The number of thioether (sulfide) groups is 1. The minimum Gasteiger partial charge on any atom is -0.305 e. The minimum absolute atomic E-state index is 0.132. The van der Waals surface area contributed by atoms with E-state index in [4.69, 9.17) is 0 Å². The van der Waals surface area contributed by atoms with Gasteiger partial charge in [0.05, 0.1) is 5.75 Å². The van der Waals surface area contributed by atoms with Gasteiger partial charge in [-0.1, -0.05) is 37.7 Å². The summed E-state index contributed by atoms with van der Waals surface area (Å²) in [6.07, 6.45) is 5.26. The van der Waals surface area contributed by atoms with E-state index in [2.05, 4.69) is 41.2 Å². The van der Waals surface area contributed by atoms with E-state index in [0.29, 0.717) is 5.75 Å². The lowest BCUT2D eigenvalue weighted by molar-refractivity contribution is 0.102. The van der Waals surface area contributed by atoms with Crippen LogP contribution in [-0.4, -0.2) is 31.3 Å². The fourth-order valence-corrected chi connectivity index (χ4v) is 3.60. The highest BCUT2D eigenvalue weighted by atomic mass is 32.2. The Morgan fingerprint density at radius 2 is 2.00 bits per heavy atom. The zero-order valence-corrected chi connectivity index (χ0v) is 16.1. The molecule has 0 atom stereocenters. The number of aromatic nitrogens is 4. The van der Waals surface area contributed by atoms with Crippen LogP contribution in [0.25, 0.3) is 11.4 Å². The van der Waals surface area contributed by atoms with E-state index in [9.17, 15) is 4.79 Å². The van der Waals surface area contributed by atoms with Gasteiger partial charge in [-0.15, -0.1) is 10.2 Å². The van der Waals surface area contributed by atoms with Gasteiger partial charge in [-0.05, 0) is 42.2 Å². The molecule has 0 saturated heterocycles. The number of carbonyl (C=O) groups excluding carboxylic acids is 1. The Kier molecular flexibility index (Phi) is 5.83. The number of Topliss-reactive ketones (excluding diaryl/α,β-unsaturated/α-hetero) is 1. The molecule has 5 nitrogen and oxygen atoms in total. The smallest absolute Gasteiger partial charge is 0.191 e. The molecule has 0 unspecified atom stereocenters. The Morgan fingerprint density at radius 1 is 1.15 bits per heavy atom. The highest BCUT2D eigenvalue weighted by Gasteiger charge is 2.16. The van der Waals surface area contributed by atoms with Crippen molar-refractivity contribution >= 4 is 17.5 Å². The summed E-state index contributed by atoms with van der Waals surface area (Å²) >= 11 is 1.42. The lowest BCUT2D eigenvalue weighted by Gasteiger charge is -2.09. The van der Waals surface area contributed by atoms with E-state index >= 15 is 0 Å². The van der Waals surface area contributed by atoms with Gasteiger partial charge >= 0.3 is 0 Å². The summed E-state index contributed by atoms with van der Waals surface area (Å²) in [5, 5.41) is 9.19. The Balaban J connectivity index is 1.76. The third kappa shape index (κ3) is 3.85. The Morgan fingerprint density at radius 3 is 2.69 bits per heavy atom. The number of hydrogen-bond donors (Lipinski definition) is 0. The molecule has 0 aliphatic carbocycles. The number of benzene rings is 1. The minimum atomic E-state index is 0.132. The van der Waals surface area contributed by atoms with Gasteiger partial charge in [0.15, 0.2) is 16.8 Å². The van der Waals surface area contributed by atoms with E-state index in [1.165, 1.54) is 17.3 Å². The second kappa shape index (κ2) is 8.27. The molecule has 2 heterocycles.